The summed E-state index contributed by atoms with van der Waals surface area (Å²) in [6, 6.07) is 13.8. The first-order valence-electron chi connectivity index (χ1n) is 12.3. The second-order valence-corrected chi connectivity index (χ2v) is 10.4. The molecule has 3 heterocycles. The molecule has 182 valence electrons. The van der Waals surface area contributed by atoms with E-state index < -0.39 is 11.2 Å². The Labute approximate surface area is 205 Å². The lowest BCUT2D eigenvalue weighted by atomic mass is 9.96. The number of carbonyl (C=O) groups is 2. The second kappa shape index (κ2) is 12.2. The SMILES string of the molecule is O=C(NC[C@H](Sc1ccccc1)C(=O)O)[C@@H]1CCCN(CCCc2ccc3c(n2)NCCC3)C1. The maximum Gasteiger partial charge on any atom is 0.318 e. The quantitative estimate of drug-likeness (QED) is 0.447. The van der Waals surface area contributed by atoms with Gasteiger partial charge in [0.25, 0.3) is 0 Å². The molecule has 2 aromatic rings. The van der Waals surface area contributed by atoms with Crippen molar-refractivity contribution in [3.8, 4) is 0 Å². The van der Waals surface area contributed by atoms with Gasteiger partial charge in [-0.25, -0.2) is 4.98 Å². The predicted octanol–water partition coefficient (Wildman–Crippen LogP) is 3.45. The molecule has 34 heavy (non-hydrogen) atoms. The van der Waals surface area contributed by atoms with Crippen LogP contribution in [0.3, 0.4) is 0 Å². The van der Waals surface area contributed by atoms with Gasteiger partial charge in [-0.3, -0.25) is 9.59 Å². The molecule has 0 saturated carbocycles. The van der Waals surface area contributed by atoms with E-state index in [4.69, 9.17) is 4.98 Å². The van der Waals surface area contributed by atoms with E-state index in [-0.39, 0.29) is 18.4 Å². The molecule has 8 heteroatoms. The Morgan fingerprint density at radius 1 is 1.21 bits per heavy atom. The van der Waals surface area contributed by atoms with Crippen LogP contribution in [0, 0.1) is 5.92 Å². The minimum absolute atomic E-state index is 0.0351. The molecule has 0 radical (unpaired) electrons. The lowest BCUT2D eigenvalue weighted by Crippen LogP contribution is -2.45. The van der Waals surface area contributed by atoms with Crippen LogP contribution in [-0.4, -0.2) is 64.8 Å². The third-order valence-corrected chi connectivity index (χ3v) is 7.69. The van der Waals surface area contributed by atoms with Crippen molar-refractivity contribution in [2.75, 3.05) is 38.0 Å². The molecule has 0 spiro atoms. The summed E-state index contributed by atoms with van der Waals surface area (Å²) in [4.78, 5) is 32.5. The van der Waals surface area contributed by atoms with Crippen LogP contribution in [-0.2, 0) is 22.4 Å². The van der Waals surface area contributed by atoms with Gasteiger partial charge in [0, 0.05) is 30.2 Å². The number of piperidine rings is 1. The van der Waals surface area contributed by atoms with Gasteiger partial charge in [-0.1, -0.05) is 24.3 Å². The normalized spacial score (nSPS) is 19.0. The van der Waals surface area contributed by atoms with E-state index in [9.17, 15) is 14.7 Å². The van der Waals surface area contributed by atoms with Gasteiger partial charge in [-0.15, -0.1) is 11.8 Å². The van der Waals surface area contributed by atoms with Crippen molar-refractivity contribution in [3.05, 3.63) is 53.7 Å². The number of pyridine rings is 1. The Kier molecular flexibility index (Phi) is 8.82. The summed E-state index contributed by atoms with van der Waals surface area (Å²) in [5.74, 6) is 0.0111. The lowest BCUT2D eigenvalue weighted by Gasteiger charge is -2.32. The number of hydrogen-bond donors (Lipinski definition) is 3. The number of aliphatic carboxylic acids is 1. The van der Waals surface area contributed by atoms with Gasteiger partial charge in [0.15, 0.2) is 0 Å². The number of anilines is 1. The number of fused-ring (bicyclic) bond motifs is 1. The molecule has 2 aliphatic heterocycles. The fraction of sp³-hybridized carbons (Fsp3) is 0.500. The summed E-state index contributed by atoms with van der Waals surface area (Å²) in [5, 5.41) is 15.2. The van der Waals surface area contributed by atoms with Crippen molar-refractivity contribution in [1.82, 2.24) is 15.2 Å². The number of nitrogens with zero attached hydrogens (tertiary/aromatic N) is 2. The molecule has 4 rings (SSSR count). The van der Waals surface area contributed by atoms with Crippen LogP contribution in [0.15, 0.2) is 47.4 Å². The molecule has 2 aliphatic rings. The molecular weight excluding hydrogens is 448 g/mol. The number of likely N-dealkylation sites (tertiary alicyclic amines) is 1. The van der Waals surface area contributed by atoms with Crippen LogP contribution >= 0.6 is 11.8 Å². The minimum atomic E-state index is -0.912. The monoisotopic (exact) mass is 482 g/mol. The van der Waals surface area contributed by atoms with Gasteiger partial charge in [0.05, 0.1) is 5.92 Å². The molecule has 1 aromatic carbocycles. The van der Waals surface area contributed by atoms with Gasteiger partial charge in [-0.05, 0) is 75.4 Å². The fourth-order valence-corrected chi connectivity index (χ4v) is 5.56. The largest absolute Gasteiger partial charge is 0.480 e. The molecule has 1 fully saturated rings. The first-order valence-corrected chi connectivity index (χ1v) is 13.1. The van der Waals surface area contributed by atoms with E-state index in [0.717, 1.165) is 74.7 Å². The van der Waals surface area contributed by atoms with Crippen LogP contribution in [0.5, 0.6) is 0 Å². The maximum atomic E-state index is 12.8. The summed E-state index contributed by atoms with van der Waals surface area (Å²) in [6.07, 6.45) is 6.05. The molecule has 2 atom stereocenters. The number of carboxylic acids is 1. The summed E-state index contributed by atoms with van der Waals surface area (Å²) in [6.45, 7) is 3.80. The number of amides is 1. The first kappa shape index (κ1) is 24.5. The summed E-state index contributed by atoms with van der Waals surface area (Å²) < 4.78 is 0. The van der Waals surface area contributed by atoms with Crippen molar-refractivity contribution in [2.45, 2.75) is 48.7 Å². The number of aryl methyl sites for hydroxylation is 2. The first-order chi connectivity index (χ1) is 16.6. The van der Waals surface area contributed by atoms with Crippen LogP contribution < -0.4 is 10.6 Å². The zero-order chi connectivity index (χ0) is 23.8. The molecular formula is C26H34N4O3S. The number of nitrogens with one attached hydrogen (secondary N) is 2. The van der Waals surface area contributed by atoms with Crippen LogP contribution in [0.1, 0.15) is 36.9 Å². The number of hydrogen-bond acceptors (Lipinski definition) is 6. The number of benzene rings is 1. The zero-order valence-corrected chi connectivity index (χ0v) is 20.4. The highest BCUT2D eigenvalue weighted by Crippen LogP contribution is 2.24. The van der Waals surface area contributed by atoms with E-state index in [1.54, 1.807) is 0 Å². The van der Waals surface area contributed by atoms with Gasteiger partial charge < -0.3 is 20.6 Å². The number of rotatable bonds is 10. The van der Waals surface area contributed by atoms with E-state index in [1.807, 2.05) is 30.3 Å². The third kappa shape index (κ3) is 6.96. The summed E-state index contributed by atoms with van der Waals surface area (Å²) in [7, 11) is 0. The molecule has 1 aromatic heterocycles. The van der Waals surface area contributed by atoms with Crippen LogP contribution in [0.4, 0.5) is 5.82 Å². The molecule has 7 nitrogen and oxygen atoms in total. The molecule has 0 unspecified atom stereocenters. The Hall–Kier alpha value is -2.58. The Morgan fingerprint density at radius 3 is 2.88 bits per heavy atom. The van der Waals surface area contributed by atoms with Crippen molar-refractivity contribution in [1.29, 1.82) is 0 Å². The van der Waals surface area contributed by atoms with E-state index in [0.29, 0.717) is 0 Å². The Morgan fingerprint density at radius 2 is 2.06 bits per heavy atom. The summed E-state index contributed by atoms with van der Waals surface area (Å²) >= 11 is 1.27. The maximum absolute atomic E-state index is 12.8. The summed E-state index contributed by atoms with van der Waals surface area (Å²) in [5.41, 5.74) is 2.43. The van der Waals surface area contributed by atoms with E-state index in [2.05, 4.69) is 27.7 Å². The van der Waals surface area contributed by atoms with Gasteiger partial charge in [0.2, 0.25) is 5.91 Å². The Bertz CT molecular complexity index is 972. The second-order valence-electron chi connectivity index (χ2n) is 9.09. The van der Waals surface area contributed by atoms with Gasteiger partial charge in [0.1, 0.15) is 11.1 Å². The molecule has 1 saturated heterocycles. The smallest absolute Gasteiger partial charge is 0.318 e. The van der Waals surface area contributed by atoms with Crippen molar-refractivity contribution < 1.29 is 14.7 Å². The number of aromatic nitrogens is 1. The third-order valence-electron chi connectivity index (χ3n) is 6.49. The number of carbonyl (C=O) groups excluding carboxylic acids is 1. The fourth-order valence-electron chi connectivity index (χ4n) is 4.64. The molecule has 0 aliphatic carbocycles. The van der Waals surface area contributed by atoms with Gasteiger partial charge >= 0.3 is 5.97 Å². The number of thioether (sulfide) groups is 1. The average Bonchev–Trinajstić information content (AvgIpc) is 2.87. The standard InChI is InChI=1S/C26H34N4O3S/c31-25(28-17-23(26(32)33)34-22-10-2-1-3-11-22)20-8-5-15-30(18-20)16-6-9-21-13-12-19-7-4-14-27-24(19)29-21/h1-3,10-13,20,23H,4-9,14-18H2,(H,27,29)(H,28,31)(H,32,33)/t20-,23+/m1/s1. The highest BCUT2D eigenvalue weighted by molar-refractivity contribution is 8.00. The van der Waals surface area contributed by atoms with E-state index >= 15 is 0 Å². The van der Waals surface area contributed by atoms with Crippen LogP contribution in [0.2, 0.25) is 0 Å². The van der Waals surface area contributed by atoms with Crippen LogP contribution in [0.25, 0.3) is 0 Å². The highest BCUT2D eigenvalue weighted by atomic mass is 32.2. The predicted molar refractivity (Wildman–Crippen MR) is 135 cm³/mol. The highest BCUT2D eigenvalue weighted by Gasteiger charge is 2.27. The molecule has 1 amide bonds. The average molecular weight is 483 g/mol. The lowest BCUT2D eigenvalue weighted by molar-refractivity contribution is -0.136. The number of carboxylic acid groups (broad SMARTS) is 1. The molecule has 0 bridgehead atoms. The minimum Gasteiger partial charge on any atom is -0.480 e. The molecule has 3 N–H and O–H groups in total. The van der Waals surface area contributed by atoms with Crippen molar-refractivity contribution in [2.24, 2.45) is 5.92 Å². The Balaban J connectivity index is 1.21. The van der Waals surface area contributed by atoms with E-state index in [1.165, 1.54) is 23.7 Å². The topological polar surface area (TPSA) is 94.6 Å². The van der Waals surface area contributed by atoms with Crippen molar-refractivity contribution >= 4 is 29.5 Å². The van der Waals surface area contributed by atoms with Gasteiger partial charge in [-0.2, -0.15) is 0 Å². The zero-order valence-electron chi connectivity index (χ0n) is 19.5. The van der Waals surface area contributed by atoms with Crippen molar-refractivity contribution in [3.63, 3.8) is 0 Å².